The quantitative estimate of drug-likeness (QED) is 0.703. The number of aromatic hydroxyl groups is 1. The fourth-order valence-corrected chi connectivity index (χ4v) is 1.65. The topological polar surface area (TPSA) is 70.1 Å². The SMILES string of the molecule is N=C(c1ccc(O)cc1)C(N)c1ccccc1. The highest BCUT2D eigenvalue weighted by atomic mass is 16.3. The summed E-state index contributed by atoms with van der Waals surface area (Å²) < 4.78 is 0. The van der Waals surface area contributed by atoms with E-state index in [4.69, 9.17) is 11.1 Å². The smallest absolute Gasteiger partial charge is 0.115 e. The molecule has 0 amide bonds. The lowest BCUT2D eigenvalue weighted by molar-refractivity contribution is 0.475. The molecular weight excluding hydrogens is 212 g/mol. The molecular formula is C14H14N2O. The minimum Gasteiger partial charge on any atom is -0.508 e. The van der Waals surface area contributed by atoms with Crippen molar-refractivity contribution in [2.45, 2.75) is 6.04 Å². The van der Waals surface area contributed by atoms with Gasteiger partial charge in [-0.05, 0) is 35.4 Å². The van der Waals surface area contributed by atoms with Crippen LogP contribution in [0.3, 0.4) is 0 Å². The van der Waals surface area contributed by atoms with E-state index >= 15 is 0 Å². The number of hydrogen-bond donors (Lipinski definition) is 3. The Labute approximate surface area is 100 Å². The summed E-state index contributed by atoms with van der Waals surface area (Å²) in [6, 6.07) is 15.6. The number of hydrogen-bond acceptors (Lipinski definition) is 3. The number of benzene rings is 2. The molecule has 0 heterocycles. The van der Waals surface area contributed by atoms with Gasteiger partial charge in [0.15, 0.2) is 0 Å². The molecule has 0 aliphatic carbocycles. The van der Waals surface area contributed by atoms with Gasteiger partial charge in [0.25, 0.3) is 0 Å². The van der Waals surface area contributed by atoms with E-state index in [1.807, 2.05) is 30.3 Å². The first kappa shape index (κ1) is 11.4. The first-order valence-corrected chi connectivity index (χ1v) is 5.37. The number of rotatable bonds is 3. The molecule has 0 saturated carbocycles. The van der Waals surface area contributed by atoms with Gasteiger partial charge in [-0.25, -0.2) is 0 Å². The highest BCUT2D eigenvalue weighted by Gasteiger charge is 2.13. The number of nitrogens with two attached hydrogens (primary N) is 1. The first-order chi connectivity index (χ1) is 8.18. The predicted molar refractivity (Wildman–Crippen MR) is 68.3 cm³/mol. The summed E-state index contributed by atoms with van der Waals surface area (Å²) in [6.45, 7) is 0. The molecule has 1 atom stereocenters. The molecule has 0 aliphatic rings. The van der Waals surface area contributed by atoms with Crippen molar-refractivity contribution in [3.8, 4) is 5.75 Å². The molecule has 1 unspecified atom stereocenters. The van der Waals surface area contributed by atoms with E-state index in [-0.39, 0.29) is 5.75 Å². The minimum atomic E-state index is -0.444. The monoisotopic (exact) mass is 226 g/mol. The molecule has 0 radical (unpaired) electrons. The molecule has 0 aromatic heterocycles. The van der Waals surface area contributed by atoms with Gasteiger partial charge in [0.2, 0.25) is 0 Å². The van der Waals surface area contributed by atoms with Crippen molar-refractivity contribution in [2.24, 2.45) is 5.73 Å². The zero-order valence-electron chi connectivity index (χ0n) is 9.30. The Morgan fingerprint density at radius 2 is 1.59 bits per heavy atom. The van der Waals surface area contributed by atoms with Gasteiger partial charge in [0.1, 0.15) is 5.75 Å². The molecule has 0 aliphatic heterocycles. The van der Waals surface area contributed by atoms with E-state index in [0.29, 0.717) is 5.71 Å². The summed E-state index contributed by atoms with van der Waals surface area (Å²) in [4.78, 5) is 0. The van der Waals surface area contributed by atoms with Crippen LogP contribution in [0.15, 0.2) is 54.6 Å². The van der Waals surface area contributed by atoms with Crippen LogP contribution in [0.2, 0.25) is 0 Å². The molecule has 0 bridgehead atoms. The lowest BCUT2D eigenvalue weighted by Gasteiger charge is -2.13. The Hall–Kier alpha value is -2.13. The van der Waals surface area contributed by atoms with Gasteiger partial charge >= 0.3 is 0 Å². The van der Waals surface area contributed by atoms with Crippen molar-refractivity contribution >= 4 is 5.71 Å². The molecule has 2 aromatic carbocycles. The Morgan fingerprint density at radius 1 is 1.00 bits per heavy atom. The Morgan fingerprint density at radius 3 is 2.18 bits per heavy atom. The van der Waals surface area contributed by atoms with E-state index in [1.54, 1.807) is 24.3 Å². The van der Waals surface area contributed by atoms with E-state index in [0.717, 1.165) is 11.1 Å². The maximum Gasteiger partial charge on any atom is 0.115 e. The average Bonchev–Trinajstić information content (AvgIpc) is 2.39. The van der Waals surface area contributed by atoms with Crippen LogP contribution in [0.4, 0.5) is 0 Å². The zero-order chi connectivity index (χ0) is 12.3. The molecule has 0 spiro atoms. The maximum absolute atomic E-state index is 9.19. The minimum absolute atomic E-state index is 0.190. The summed E-state index contributed by atoms with van der Waals surface area (Å²) in [6.07, 6.45) is 0. The summed E-state index contributed by atoms with van der Waals surface area (Å²) >= 11 is 0. The van der Waals surface area contributed by atoms with Crippen LogP contribution in [-0.2, 0) is 0 Å². The van der Waals surface area contributed by atoms with E-state index in [1.165, 1.54) is 0 Å². The Balaban J connectivity index is 2.23. The number of phenolic OH excluding ortho intramolecular Hbond substituents is 1. The van der Waals surface area contributed by atoms with E-state index in [9.17, 15) is 5.11 Å². The van der Waals surface area contributed by atoms with Gasteiger partial charge in [-0.2, -0.15) is 0 Å². The average molecular weight is 226 g/mol. The van der Waals surface area contributed by atoms with Crippen molar-refractivity contribution < 1.29 is 5.11 Å². The van der Waals surface area contributed by atoms with Crippen LogP contribution in [0, 0.1) is 5.41 Å². The van der Waals surface area contributed by atoms with Crippen LogP contribution < -0.4 is 5.73 Å². The largest absolute Gasteiger partial charge is 0.508 e. The van der Waals surface area contributed by atoms with Gasteiger partial charge in [0.05, 0.1) is 11.8 Å². The lowest BCUT2D eigenvalue weighted by atomic mass is 9.97. The highest BCUT2D eigenvalue weighted by Crippen LogP contribution is 2.17. The molecule has 3 nitrogen and oxygen atoms in total. The third kappa shape index (κ3) is 2.52. The second-order valence-corrected chi connectivity index (χ2v) is 3.85. The molecule has 0 saturated heterocycles. The molecule has 2 aromatic rings. The molecule has 3 heteroatoms. The standard InChI is InChI=1S/C14H14N2O/c15-13(10-4-2-1-3-5-10)14(16)11-6-8-12(17)9-7-11/h1-9,13,16-17H,15H2. The van der Waals surface area contributed by atoms with Crippen molar-refractivity contribution in [3.63, 3.8) is 0 Å². The predicted octanol–water partition coefficient (Wildman–Crippen LogP) is 2.46. The summed E-state index contributed by atoms with van der Waals surface area (Å²) in [5, 5.41) is 17.2. The van der Waals surface area contributed by atoms with Gasteiger partial charge in [-0.15, -0.1) is 0 Å². The highest BCUT2D eigenvalue weighted by molar-refractivity contribution is 6.02. The van der Waals surface area contributed by atoms with E-state index in [2.05, 4.69) is 0 Å². The summed E-state index contributed by atoms with van der Waals surface area (Å²) in [5.74, 6) is 0.190. The zero-order valence-corrected chi connectivity index (χ0v) is 9.30. The molecule has 86 valence electrons. The fourth-order valence-electron chi connectivity index (χ4n) is 1.65. The molecule has 2 rings (SSSR count). The van der Waals surface area contributed by atoms with Gasteiger partial charge in [-0.3, -0.25) is 0 Å². The third-order valence-corrected chi connectivity index (χ3v) is 2.65. The fraction of sp³-hybridized carbons (Fsp3) is 0.0714. The normalized spacial score (nSPS) is 12.1. The van der Waals surface area contributed by atoms with Crippen molar-refractivity contribution in [2.75, 3.05) is 0 Å². The molecule has 4 N–H and O–H groups in total. The van der Waals surface area contributed by atoms with Gasteiger partial charge < -0.3 is 16.2 Å². The Bertz CT molecular complexity index is 506. The van der Waals surface area contributed by atoms with Crippen LogP contribution in [-0.4, -0.2) is 10.8 Å². The van der Waals surface area contributed by atoms with Crippen molar-refractivity contribution in [3.05, 3.63) is 65.7 Å². The Kier molecular flexibility index (Phi) is 3.21. The first-order valence-electron chi connectivity index (χ1n) is 5.37. The van der Waals surface area contributed by atoms with E-state index < -0.39 is 6.04 Å². The summed E-state index contributed by atoms with van der Waals surface area (Å²) in [5.41, 5.74) is 7.99. The second kappa shape index (κ2) is 4.80. The van der Waals surface area contributed by atoms with Crippen molar-refractivity contribution in [1.82, 2.24) is 0 Å². The maximum atomic E-state index is 9.19. The number of phenols is 1. The van der Waals surface area contributed by atoms with Crippen LogP contribution in [0.25, 0.3) is 0 Å². The summed E-state index contributed by atoms with van der Waals surface area (Å²) in [7, 11) is 0. The number of nitrogens with one attached hydrogen (secondary N) is 1. The lowest BCUT2D eigenvalue weighted by Crippen LogP contribution is -2.21. The van der Waals surface area contributed by atoms with Gasteiger partial charge in [-0.1, -0.05) is 30.3 Å². The molecule has 17 heavy (non-hydrogen) atoms. The van der Waals surface area contributed by atoms with Crippen molar-refractivity contribution in [1.29, 1.82) is 5.41 Å². The van der Waals surface area contributed by atoms with Crippen LogP contribution in [0.5, 0.6) is 5.75 Å². The second-order valence-electron chi connectivity index (χ2n) is 3.85. The van der Waals surface area contributed by atoms with Crippen LogP contribution >= 0.6 is 0 Å². The molecule has 0 fully saturated rings. The van der Waals surface area contributed by atoms with Crippen LogP contribution in [0.1, 0.15) is 17.2 Å². The van der Waals surface area contributed by atoms with Gasteiger partial charge in [0, 0.05) is 0 Å². The third-order valence-electron chi connectivity index (χ3n) is 2.65.